The van der Waals surface area contributed by atoms with Gasteiger partial charge >= 0.3 is 0 Å². The Morgan fingerprint density at radius 2 is 1.78 bits per heavy atom. The number of ether oxygens (including phenoxy) is 1. The molecule has 3 nitrogen and oxygen atoms in total. The molecule has 98 valence electrons. The molecule has 1 N–H and O–H groups in total. The van der Waals surface area contributed by atoms with Crippen molar-refractivity contribution in [1.29, 1.82) is 0 Å². The lowest BCUT2D eigenvalue weighted by Gasteiger charge is -2.38. The van der Waals surface area contributed by atoms with Gasteiger partial charge in [0, 0.05) is 19.1 Å². The maximum Gasteiger partial charge on any atom is 0.118 e. The van der Waals surface area contributed by atoms with Crippen LogP contribution in [-0.2, 0) is 5.60 Å². The smallest absolute Gasteiger partial charge is 0.118 e. The van der Waals surface area contributed by atoms with E-state index in [0.717, 1.165) is 43.3 Å². The topological polar surface area (TPSA) is 32.7 Å². The first-order chi connectivity index (χ1) is 8.71. The fourth-order valence-corrected chi connectivity index (χ4v) is 2.89. The van der Waals surface area contributed by atoms with Crippen LogP contribution in [0, 0.1) is 0 Å². The fraction of sp³-hybridized carbons (Fsp3) is 0.600. The molecule has 0 radical (unpaired) electrons. The molecule has 1 aliphatic heterocycles. The summed E-state index contributed by atoms with van der Waals surface area (Å²) in [6.45, 7) is 2.04. The van der Waals surface area contributed by atoms with Crippen molar-refractivity contribution in [1.82, 2.24) is 4.90 Å². The summed E-state index contributed by atoms with van der Waals surface area (Å²) < 4.78 is 5.16. The summed E-state index contributed by atoms with van der Waals surface area (Å²) in [6.07, 6.45) is 4.38. The van der Waals surface area contributed by atoms with Gasteiger partial charge in [0.2, 0.25) is 0 Å². The van der Waals surface area contributed by atoms with E-state index >= 15 is 0 Å². The Hall–Kier alpha value is -1.06. The summed E-state index contributed by atoms with van der Waals surface area (Å²) in [5.41, 5.74) is 0.385. The van der Waals surface area contributed by atoms with Crippen LogP contribution in [0.5, 0.6) is 5.75 Å². The number of nitrogens with zero attached hydrogens (tertiary/aromatic N) is 1. The van der Waals surface area contributed by atoms with E-state index in [9.17, 15) is 5.11 Å². The summed E-state index contributed by atoms with van der Waals surface area (Å²) in [5.74, 6) is 0.845. The zero-order valence-corrected chi connectivity index (χ0v) is 10.9. The first kappa shape index (κ1) is 12.0. The van der Waals surface area contributed by atoms with Gasteiger partial charge in [-0.2, -0.15) is 0 Å². The van der Waals surface area contributed by atoms with Crippen LogP contribution in [0.2, 0.25) is 0 Å². The van der Waals surface area contributed by atoms with E-state index in [-0.39, 0.29) is 0 Å². The Bertz CT molecular complexity index is 403. The average Bonchev–Trinajstić information content (AvgIpc) is 3.24. The molecule has 0 amide bonds. The predicted octanol–water partition coefficient (Wildman–Crippen LogP) is 2.14. The van der Waals surface area contributed by atoms with E-state index in [4.69, 9.17) is 4.74 Å². The van der Waals surface area contributed by atoms with E-state index in [1.807, 2.05) is 24.3 Å². The second kappa shape index (κ2) is 4.56. The van der Waals surface area contributed by atoms with E-state index in [2.05, 4.69) is 4.90 Å². The molecule has 1 saturated heterocycles. The number of methoxy groups -OCH3 is 1. The maximum atomic E-state index is 10.8. The van der Waals surface area contributed by atoms with Crippen molar-refractivity contribution in [2.75, 3.05) is 20.2 Å². The zero-order chi connectivity index (χ0) is 12.6. The Morgan fingerprint density at radius 3 is 2.28 bits per heavy atom. The highest BCUT2D eigenvalue weighted by Gasteiger charge is 2.38. The van der Waals surface area contributed by atoms with Gasteiger partial charge in [0.25, 0.3) is 0 Å². The van der Waals surface area contributed by atoms with E-state index in [1.165, 1.54) is 12.8 Å². The second-order valence-electron chi connectivity index (χ2n) is 5.53. The van der Waals surface area contributed by atoms with E-state index in [1.54, 1.807) is 7.11 Å². The first-order valence-corrected chi connectivity index (χ1v) is 6.82. The highest BCUT2D eigenvalue weighted by atomic mass is 16.5. The lowest BCUT2D eigenvalue weighted by atomic mass is 9.84. The van der Waals surface area contributed by atoms with Gasteiger partial charge in [-0.05, 0) is 43.4 Å². The van der Waals surface area contributed by atoms with Gasteiger partial charge in [0.15, 0.2) is 0 Å². The van der Waals surface area contributed by atoms with Crippen molar-refractivity contribution in [3.05, 3.63) is 29.8 Å². The van der Waals surface area contributed by atoms with Crippen LogP contribution in [0.3, 0.4) is 0 Å². The molecule has 0 aromatic heterocycles. The SMILES string of the molecule is COc1ccc(C2(O)CCN(C3CC3)CC2)cc1. The van der Waals surface area contributed by atoms with Crippen LogP contribution in [0.15, 0.2) is 24.3 Å². The molecule has 1 saturated carbocycles. The number of rotatable bonds is 3. The molecule has 0 atom stereocenters. The minimum atomic E-state index is -0.641. The number of benzene rings is 1. The zero-order valence-electron chi connectivity index (χ0n) is 10.9. The summed E-state index contributed by atoms with van der Waals surface area (Å²) in [4.78, 5) is 2.53. The number of piperidine rings is 1. The minimum Gasteiger partial charge on any atom is -0.497 e. The predicted molar refractivity (Wildman–Crippen MR) is 70.7 cm³/mol. The van der Waals surface area contributed by atoms with Gasteiger partial charge in [-0.3, -0.25) is 0 Å². The maximum absolute atomic E-state index is 10.8. The van der Waals surface area contributed by atoms with Gasteiger partial charge in [0.05, 0.1) is 12.7 Å². The van der Waals surface area contributed by atoms with Crippen LogP contribution in [0.4, 0.5) is 0 Å². The summed E-state index contributed by atoms with van der Waals surface area (Å²) in [7, 11) is 1.66. The molecule has 3 rings (SSSR count). The fourth-order valence-electron chi connectivity index (χ4n) is 2.89. The standard InChI is InChI=1S/C15H21NO2/c1-18-14-6-2-12(3-7-14)15(17)8-10-16(11-9-15)13-4-5-13/h2-3,6-7,13,17H,4-5,8-11H2,1H3. The van der Waals surface area contributed by atoms with Crippen molar-refractivity contribution in [2.45, 2.75) is 37.3 Å². The van der Waals surface area contributed by atoms with Gasteiger partial charge in [-0.1, -0.05) is 12.1 Å². The van der Waals surface area contributed by atoms with Crippen LogP contribution in [0.25, 0.3) is 0 Å². The molecular weight excluding hydrogens is 226 g/mol. The van der Waals surface area contributed by atoms with Crippen LogP contribution in [0.1, 0.15) is 31.2 Å². The van der Waals surface area contributed by atoms with Gasteiger partial charge in [0.1, 0.15) is 5.75 Å². The number of hydrogen-bond acceptors (Lipinski definition) is 3. The Balaban J connectivity index is 1.70. The monoisotopic (exact) mass is 247 g/mol. The molecular formula is C15H21NO2. The first-order valence-electron chi connectivity index (χ1n) is 6.82. The molecule has 1 heterocycles. The summed E-state index contributed by atoms with van der Waals surface area (Å²) in [5, 5.41) is 10.8. The van der Waals surface area contributed by atoms with Crippen molar-refractivity contribution < 1.29 is 9.84 Å². The van der Waals surface area contributed by atoms with Gasteiger partial charge in [-0.25, -0.2) is 0 Å². The van der Waals surface area contributed by atoms with Gasteiger partial charge < -0.3 is 14.7 Å². The average molecular weight is 247 g/mol. The Morgan fingerprint density at radius 1 is 1.17 bits per heavy atom. The van der Waals surface area contributed by atoms with Crippen molar-refractivity contribution in [3.63, 3.8) is 0 Å². The Kier molecular flexibility index (Phi) is 3.04. The molecule has 1 aliphatic carbocycles. The molecule has 3 heteroatoms. The Labute approximate surface area is 108 Å². The minimum absolute atomic E-state index is 0.641. The number of aliphatic hydroxyl groups is 1. The molecule has 18 heavy (non-hydrogen) atoms. The van der Waals surface area contributed by atoms with Crippen LogP contribution < -0.4 is 4.74 Å². The third-order valence-corrected chi connectivity index (χ3v) is 4.32. The normalized spacial score (nSPS) is 23.9. The lowest BCUT2D eigenvalue weighted by Crippen LogP contribution is -2.43. The van der Waals surface area contributed by atoms with E-state index in [0.29, 0.717) is 0 Å². The molecule has 2 aliphatic rings. The molecule has 1 aromatic rings. The third-order valence-electron chi connectivity index (χ3n) is 4.32. The molecule has 1 aromatic carbocycles. The summed E-state index contributed by atoms with van der Waals surface area (Å²) >= 11 is 0. The number of hydrogen-bond donors (Lipinski definition) is 1. The van der Waals surface area contributed by atoms with Crippen LogP contribution >= 0.6 is 0 Å². The largest absolute Gasteiger partial charge is 0.497 e. The highest BCUT2D eigenvalue weighted by molar-refractivity contribution is 5.31. The van der Waals surface area contributed by atoms with E-state index < -0.39 is 5.60 Å². The molecule has 2 fully saturated rings. The third kappa shape index (κ3) is 2.25. The molecule has 0 unspecified atom stereocenters. The van der Waals surface area contributed by atoms with Crippen molar-refractivity contribution >= 4 is 0 Å². The quantitative estimate of drug-likeness (QED) is 0.888. The molecule has 0 bridgehead atoms. The van der Waals surface area contributed by atoms with Crippen molar-refractivity contribution in [3.8, 4) is 5.75 Å². The van der Waals surface area contributed by atoms with Crippen molar-refractivity contribution in [2.24, 2.45) is 0 Å². The second-order valence-corrected chi connectivity index (χ2v) is 5.53. The van der Waals surface area contributed by atoms with Crippen LogP contribution in [-0.4, -0.2) is 36.2 Å². The molecule has 0 spiro atoms. The number of likely N-dealkylation sites (tertiary alicyclic amines) is 1. The lowest BCUT2D eigenvalue weighted by molar-refractivity contribution is -0.0277. The van der Waals surface area contributed by atoms with Gasteiger partial charge in [-0.15, -0.1) is 0 Å². The highest BCUT2D eigenvalue weighted by Crippen LogP contribution is 2.37. The summed E-state index contributed by atoms with van der Waals surface area (Å²) in [6, 6.07) is 8.66.